The second kappa shape index (κ2) is 8.26. The molecular weight excluding hydrogens is 404 g/mol. The fourth-order valence-electron chi connectivity index (χ4n) is 2.99. The third kappa shape index (κ3) is 4.44. The molecule has 1 N–H and O–H groups in total. The Labute approximate surface area is 175 Å². The Kier molecular flexibility index (Phi) is 5.55. The molecule has 6 nitrogen and oxygen atoms in total. The highest BCUT2D eigenvalue weighted by Crippen LogP contribution is 2.25. The molecule has 4 aromatic rings. The standard InChI is InChI=1S/C21H20N4O2S2/c1-13-3-5-15(6-4-13)11-17-14(2)23-21(29-17)24-18(26)7-9-25-12-22-19-16(20(25)27)8-10-28-19/h3-6,8,10,12H,7,9,11H2,1-2H3,(H,23,24,26). The van der Waals surface area contributed by atoms with Crippen molar-refractivity contribution < 1.29 is 4.79 Å². The van der Waals surface area contributed by atoms with Gasteiger partial charge in [-0.3, -0.25) is 14.2 Å². The van der Waals surface area contributed by atoms with E-state index in [1.54, 1.807) is 6.07 Å². The molecule has 0 bridgehead atoms. The van der Waals surface area contributed by atoms with Crippen LogP contribution in [-0.4, -0.2) is 20.4 Å². The van der Waals surface area contributed by atoms with E-state index >= 15 is 0 Å². The molecule has 3 heterocycles. The van der Waals surface area contributed by atoms with E-state index in [1.807, 2.05) is 12.3 Å². The van der Waals surface area contributed by atoms with Crippen molar-refractivity contribution >= 4 is 43.9 Å². The minimum Gasteiger partial charge on any atom is -0.302 e. The third-order valence-corrected chi connectivity index (χ3v) is 6.55. The van der Waals surface area contributed by atoms with Crippen molar-refractivity contribution in [3.05, 3.63) is 74.1 Å². The highest BCUT2D eigenvalue weighted by atomic mass is 32.1. The van der Waals surface area contributed by atoms with Crippen molar-refractivity contribution in [2.75, 3.05) is 5.32 Å². The lowest BCUT2D eigenvalue weighted by Gasteiger charge is -2.05. The molecule has 1 aromatic carbocycles. The molecule has 0 saturated heterocycles. The van der Waals surface area contributed by atoms with Crippen LogP contribution in [0.3, 0.4) is 0 Å². The molecule has 0 aliphatic rings. The van der Waals surface area contributed by atoms with Gasteiger partial charge < -0.3 is 5.32 Å². The maximum absolute atomic E-state index is 12.4. The molecule has 0 fully saturated rings. The van der Waals surface area contributed by atoms with Crippen LogP contribution in [0, 0.1) is 13.8 Å². The summed E-state index contributed by atoms with van der Waals surface area (Å²) in [5, 5.41) is 5.88. The van der Waals surface area contributed by atoms with Crippen molar-refractivity contribution in [2.24, 2.45) is 0 Å². The lowest BCUT2D eigenvalue weighted by atomic mass is 10.1. The minimum absolute atomic E-state index is 0.116. The van der Waals surface area contributed by atoms with Crippen LogP contribution < -0.4 is 10.9 Å². The molecule has 148 valence electrons. The summed E-state index contributed by atoms with van der Waals surface area (Å²) < 4.78 is 1.48. The number of amides is 1. The van der Waals surface area contributed by atoms with Crippen LogP contribution >= 0.6 is 22.7 Å². The second-order valence-electron chi connectivity index (χ2n) is 6.87. The maximum Gasteiger partial charge on any atom is 0.262 e. The van der Waals surface area contributed by atoms with Crippen LogP contribution in [0.5, 0.6) is 0 Å². The Morgan fingerprint density at radius 1 is 1.17 bits per heavy atom. The van der Waals surface area contributed by atoms with Crippen LogP contribution in [-0.2, 0) is 17.8 Å². The Balaban J connectivity index is 1.38. The molecule has 0 aliphatic heterocycles. The van der Waals surface area contributed by atoms with Gasteiger partial charge in [0.1, 0.15) is 4.83 Å². The molecule has 3 aromatic heterocycles. The molecule has 0 saturated carbocycles. The minimum atomic E-state index is -0.169. The van der Waals surface area contributed by atoms with Gasteiger partial charge in [0.25, 0.3) is 5.56 Å². The molecule has 0 atom stereocenters. The van der Waals surface area contributed by atoms with E-state index < -0.39 is 0 Å². The van der Waals surface area contributed by atoms with Crippen LogP contribution in [0.4, 0.5) is 5.13 Å². The van der Waals surface area contributed by atoms with Crippen molar-refractivity contribution in [1.82, 2.24) is 14.5 Å². The number of thiophene rings is 1. The fraction of sp³-hybridized carbons (Fsp3) is 0.238. The first kappa shape index (κ1) is 19.5. The fourth-order valence-corrected chi connectivity index (χ4v) is 4.73. The summed E-state index contributed by atoms with van der Waals surface area (Å²) in [6.07, 6.45) is 2.48. The zero-order valence-electron chi connectivity index (χ0n) is 16.1. The van der Waals surface area contributed by atoms with E-state index in [9.17, 15) is 9.59 Å². The monoisotopic (exact) mass is 424 g/mol. The summed E-state index contributed by atoms with van der Waals surface area (Å²) in [4.78, 5) is 35.3. The smallest absolute Gasteiger partial charge is 0.262 e. The molecule has 0 radical (unpaired) electrons. The predicted octanol–water partition coefficient (Wildman–Crippen LogP) is 4.15. The first-order valence-corrected chi connectivity index (χ1v) is 10.9. The molecule has 0 aliphatic carbocycles. The molecule has 0 spiro atoms. The lowest BCUT2D eigenvalue weighted by Crippen LogP contribution is -2.23. The highest BCUT2D eigenvalue weighted by molar-refractivity contribution is 7.16. The molecule has 29 heavy (non-hydrogen) atoms. The van der Waals surface area contributed by atoms with Crippen LogP contribution in [0.15, 0.2) is 46.8 Å². The molecular formula is C21H20N4O2S2. The Morgan fingerprint density at radius 2 is 1.97 bits per heavy atom. The average Bonchev–Trinajstić information content (AvgIpc) is 3.30. The van der Waals surface area contributed by atoms with Crippen LogP contribution in [0.2, 0.25) is 0 Å². The topological polar surface area (TPSA) is 76.9 Å². The van der Waals surface area contributed by atoms with E-state index in [0.717, 1.165) is 21.8 Å². The summed E-state index contributed by atoms with van der Waals surface area (Å²) in [7, 11) is 0. The largest absolute Gasteiger partial charge is 0.302 e. The van der Waals surface area contributed by atoms with Crippen LogP contribution in [0.1, 0.15) is 28.1 Å². The maximum atomic E-state index is 12.4. The van der Waals surface area contributed by atoms with E-state index in [2.05, 4.69) is 46.5 Å². The molecule has 1 amide bonds. The highest BCUT2D eigenvalue weighted by Gasteiger charge is 2.12. The summed E-state index contributed by atoms with van der Waals surface area (Å²) in [6.45, 7) is 4.30. The van der Waals surface area contributed by atoms with Gasteiger partial charge in [-0.2, -0.15) is 0 Å². The van der Waals surface area contributed by atoms with Crippen LogP contribution in [0.25, 0.3) is 10.2 Å². The van der Waals surface area contributed by atoms with Crippen molar-refractivity contribution in [1.29, 1.82) is 0 Å². The number of benzene rings is 1. The SMILES string of the molecule is Cc1ccc(Cc2sc(NC(=O)CCn3cnc4sccc4c3=O)nc2C)cc1. The van der Waals surface area contributed by atoms with Gasteiger partial charge in [0.05, 0.1) is 17.4 Å². The average molecular weight is 425 g/mol. The lowest BCUT2D eigenvalue weighted by molar-refractivity contribution is -0.116. The predicted molar refractivity (Wildman–Crippen MR) is 118 cm³/mol. The Bertz CT molecular complexity index is 1220. The number of hydrogen-bond donors (Lipinski definition) is 1. The van der Waals surface area contributed by atoms with Gasteiger partial charge in [-0.15, -0.1) is 22.7 Å². The number of carbonyl (C=O) groups is 1. The van der Waals surface area contributed by atoms with E-state index in [1.165, 1.54) is 44.7 Å². The number of nitrogens with one attached hydrogen (secondary N) is 1. The number of carbonyl (C=O) groups excluding carboxylic acids is 1. The van der Waals surface area contributed by atoms with Gasteiger partial charge in [0, 0.05) is 24.3 Å². The third-order valence-electron chi connectivity index (χ3n) is 4.65. The quantitative estimate of drug-likeness (QED) is 0.504. The zero-order chi connectivity index (χ0) is 20.4. The number of fused-ring (bicyclic) bond motifs is 1. The molecule has 0 unspecified atom stereocenters. The molecule has 4 rings (SSSR count). The second-order valence-corrected chi connectivity index (χ2v) is 8.85. The number of aromatic nitrogens is 3. The van der Waals surface area contributed by atoms with Crippen molar-refractivity contribution in [3.8, 4) is 0 Å². The van der Waals surface area contributed by atoms with Gasteiger partial charge >= 0.3 is 0 Å². The number of aryl methyl sites for hydroxylation is 3. The zero-order valence-corrected chi connectivity index (χ0v) is 17.8. The van der Waals surface area contributed by atoms with Gasteiger partial charge in [0.15, 0.2) is 5.13 Å². The summed E-state index contributed by atoms with van der Waals surface area (Å²) in [5.74, 6) is -0.169. The number of rotatable bonds is 6. The normalized spacial score (nSPS) is 11.1. The van der Waals surface area contributed by atoms with E-state index in [0.29, 0.717) is 10.5 Å². The van der Waals surface area contributed by atoms with Crippen molar-refractivity contribution in [3.63, 3.8) is 0 Å². The van der Waals surface area contributed by atoms with E-state index in [4.69, 9.17) is 0 Å². The summed E-state index contributed by atoms with van der Waals surface area (Å²) >= 11 is 2.92. The molecule has 8 heteroatoms. The van der Waals surface area contributed by atoms with E-state index in [-0.39, 0.29) is 24.4 Å². The number of hydrogen-bond acceptors (Lipinski definition) is 6. The summed E-state index contributed by atoms with van der Waals surface area (Å²) in [5.41, 5.74) is 3.26. The number of anilines is 1. The van der Waals surface area contributed by atoms with Gasteiger partial charge in [-0.25, -0.2) is 9.97 Å². The van der Waals surface area contributed by atoms with Crippen molar-refractivity contribution in [2.45, 2.75) is 33.2 Å². The number of nitrogens with zero attached hydrogens (tertiary/aromatic N) is 3. The van der Waals surface area contributed by atoms with Gasteiger partial charge in [-0.1, -0.05) is 29.8 Å². The summed E-state index contributed by atoms with van der Waals surface area (Å²) in [6, 6.07) is 10.2. The number of thiazole rings is 1. The first-order chi connectivity index (χ1) is 14.0. The van der Waals surface area contributed by atoms with Gasteiger partial charge in [0.2, 0.25) is 5.91 Å². The van der Waals surface area contributed by atoms with Gasteiger partial charge in [-0.05, 0) is 30.9 Å². The Morgan fingerprint density at radius 3 is 2.76 bits per heavy atom. The first-order valence-electron chi connectivity index (χ1n) is 9.24. The Hall–Kier alpha value is -2.84.